The van der Waals surface area contributed by atoms with Crippen molar-refractivity contribution in [3.8, 4) is 0 Å². The highest BCUT2D eigenvalue weighted by molar-refractivity contribution is 5.47. The van der Waals surface area contributed by atoms with E-state index in [0.717, 1.165) is 38.3 Å². The smallest absolute Gasteiger partial charge is 0.123 e. The number of benzene rings is 3. The van der Waals surface area contributed by atoms with E-state index in [9.17, 15) is 4.39 Å². The second-order valence-electron chi connectivity index (χ2n) is 7.71. The normalized spacial score (nSPS) is 18.9. The topological polar surface area (TPSA) is 15.3 Å². The van der Waals surface area contributed by atoms with Crippen LogP contribution in [-0.2, 0) is 13.0 Å². The van der Waals surface area contributed by atoms with Gasteiger partial charge in [-0.2, -0.15) is 0 Å². The number of hydrogen-bond acceptors (Lipinski definition) is 2. The van der Waals surface area contributed by atoms with Gasteiger partial charge in [0.15, 0.2) is 0 Å². The van der Waals surface area contributed by atoms with Crippen LogP contribution in [0.25, 0.3) is 0 Å². The first kappa shape index (κ1) is 18.7. The van der Waals surface area contributed by atoms with Crippen LogP contribution in [0.1, 0.15) is 11.1 Å². The Hall–Kier alpha value is -2.65. The van der Waals surface area contributed by atoms with Gasteiger partial charge in [-0.3, -0.25) is 0 Å². The third-order valence-corrected chi connectivity index (χ3v) is 5.68. The van der Waals surface area contributed by atoms with E-state index in [2.05, 4.69) is 64.8 Å². The van der Waals surface area contributed by atoms with Crippen molar-refractivity contribution in [2.75, 3.05) is 24.5 Å². The Labute approximate surface area is 167 Å². The van der Waals surface area contributed by atoms with Crippen molar-refractivity contribution in [2.24, 2.45) is 11.8 Å². The molecule has 1 aliphatic heterocycles. The summed E-state index contributed by atoms with van der Waals surface area (Å²) in [6.45, 7) is 3.89. The van der Waals surface area contributed by atoms with Gasteiger partial charge < -0.3 is 10.2 Å². The Bertz CT molecular complexity index is 849. The summed E-state index contributed by atoms with van der Waals surface area (Å²) in [5.41, 5.74) is 3.76. The molecule has 0 spiro atoms. The van der Waals surface area contributed by atoms with E-state index in [1.54, 1.807) is 12.1 Å². The van der Waals surface area contributed by atoms with Crippen molar-refractivity contribution in [1.29, 1.82) is 0 Å². The average molecular weight is 375 g/mol. The first-order valence-corrected chi connectivity index (χ1v) is 10.1. The average Bonchev–Trinajstić information content (AvgIpc) is 3.16. The van der Waals surface area contributed by atoms with Gasteiger partial charge in [-0.1, -0.05) is 60.7 Å². The van der Waals surface area contributed by atoms with Crippen molar-refractivity contribution in [3.63, 3.8) is 0 Å². The number of nitrogens with one attached hydrogen (secondary N) is 1. The fraction of sp³-hybridized carbons (Fsp3) is 0.280. The van der Waals surface area contributed by atoms with Gasteiger partial charge in [0.25, 0.3) is 0 Å². The fourth-order valence-corrected chi connectivity index (χ4v) is 4.16. The molecule has 0 aliphatic carbocycles. The molecule has 1 saturated heterocycles. The summed E-state index contributed by atoms with van der Waals surface area (Å²) in [5, 5.41) is 3.59. The molecule has 0 amide bonds. The minimum atomic E-state index is -0.187. The lowest BCUT2D eigenvalue weighted by atomic mass is 9.89. The molecule has 1 heterocycles. The molecule has 1 fully saturated rings. The van der Waals surface area contributed by atoms with Gasteiger partial charge in [-0.15, -0.1) is 0 Å². The number of halogens is 1. The van der Waals surface area contributed by atoms with Crippen LogP contribution in [0.4, 0.5) is 10.1 Å². The fourth-order valence-electron chi connectivity index (χ4n) is 4.16. The highest BCUT2D eigenvalue weighted by atomic mass is 19.1. The van der Waals surface area contributed by atoms with Gasteiger partial charge in [0.2, 0.25) is 0 Å². The van der Waals surface area contributed by atoms with Crippen LogP contribution in [0, 0.1) is 17.7 Å². The van der Waals surface area contributed by atoms with Crippen molar-refractivity contribution in [3.05, 3.63) is 102 Å². The maximum Gasteiger partial charge on any atom is 0.123 e. The molecule has 0 saturated carbocycles. The molecule has 0 radical (unpaired) electrons. The van der Waals surface area contributed by atoms with Crippen LogP contribution in [0.3, 0.4) is 0 Å². The largest absolute Gasteiger partial charge is 0.367 e. The molecule has 2 nitrogen and oxygen atoms in total. The van der Waals surface area contributed by atoms with Crippen molar-refractivity contribution in [2.45, 2.75) is 13.0 Å². The van der Waals surface area contributed by atoms with E-state index in [0.29, 0.717) is 11.8 Å². The summed E-state index contributed by atoms with van der Waals surface area (Å²) in [4.78, 5) is 2.39. The number of hydrogen-bond donors (Lipinski definition) is 1. The minimum absolute atomic E-state index is 0.187. The maximum atomic E-state index is 13.5. The summed E-state index contributed by atoms with van der Waals surface area (Å²) >= 11 is 0. The Morgan fingerprint density at radius 3 is 2.04 bits per heavy atom. The summed E-state index contributed by atoms with van der Waals surface area (Å²) in [6, 6.07) is 28.2. The molecule has 4 rings (SSSR count). The summed E-state index contributed by atoms with van der Waals surface area (Å²) in [5.74, 6) is 0.989. The van der Waals surface area contributed by atoms with Crippen LogP contribution in [-0.4, -0.2) is 19.6 Å². The molecule has 144 valence electrons. The molecule has 3 aromatic rings. The zero-order valence-electron chi connectivity index (χ0n) is 16.1. The van der Waals surface area contributed by atoms with Gasteiger partial charge in [-0.05, 0) is 66.7 Å². The molecule has 1 aliphatic rings. The number of rotatable bonds is 7. The van der Waals surface area contributed by atoms with Gasteiger partial charge in [-0.25, -0.2) is 4.39 Å². The van der Waals surface area contributed by atoms with Crippen molar-refractivity contribution in [1.82, 2.24) is 5.32 Å². The van der Waals surface area contributed by atoms with Gasteiger partial charge in [0.1, 0.15) is 5.82 Å². The third kappa shape index (κ3) is 4.79. The highest BCUT2D eigenvalue weighted by Gasteiger charge is 2.29. The number of nitrogens with zero attached hydrogens (tertiary/aromatic N) is 1. The van der Waals surface area contributed by atoms with Crippen LogP contribution < -0.4 is 10.2 Å². The molecular formula is C25H27FN2. The standard InChI is InChI=1S/C25H27FN2/c26-24-11-13-25(14-12-24)28(18-21-9-5-2-6-10-21)19-23-17-27-16-22(23)15-20-7-3-1-4-8-20/h1-14,22-23,27H,15-19H2/t22-,23+/m0/s1. The van der Waals surface area contributed by atoms with Crippen molar-refractivity contribution >= 4 is 5.69 Å². The van der Waals surface area contributed by atoms with Crippen LogP contribution in [0.2, 0.25) is 0 Å². The third-order valence-electron chi connectivity index (χ3n) is 5.68. The zero-order valence-corrected chi connectivity index (χ0v) is 16.1. The monoisotopic (exact) mass is 374 g/mol. The van der Waals surface area contributed by atoms with Gasteiger partial charge in [0.05, 0.1) is 0 Å². The Balaban J connectivity index is 1.51. The Morgan fingerprint density at radius 2 is 1.36 bits per heavy atom. The maximum absolute atomic E-state index is 13.5. The Kier molecular flexibility index (Phi) is 6.03. The molecule has 2 atom stereocenters. The summed E-state index contributed by atoms with van der Waals surface area (Å²) in [7, 11) is 0. The lowest BCUT2D eigenvalue weighted by Gasteiger charge is -2.30. The molecule has 28 heavy (non-hydrogen) atoms. The summed E-state index contributed by atoms with van der Waals surface area (Å²) in [6.07, 6.45) is 1.10. The lowest BCUT2D eigenvalue weighted by Crippen LogP contribution is -2.33. The molecule has 0 bridgehead atoms. The quantitative estimate of drug-likeness (QED) is 0.632. The van der Waals surface area contributed by atoms with Crippen LogP contribution in [0.5, 0.6) is 0 Å². The minimum Gasteiger partial charge on any atom is -0.367 e. The molecule has 1 N–H and O–H groups in total. The van der Waals surface area contributed by atoms with Gasteiger partial charge in [0, 0.05) is 18.8 Å². The predicted octanol–water partition coefficient (Wildman–Crippen LogP) is 4.91. The molecule has 3 aromatic carbocycles. The van der Waals surface area contributed by atoms with E-state index >= 15 is 0 Å². The SMILES string of the molecule is Fc1ccc(N(Cc2ccccc2)C[C@H]2CNC[C@@H]2Cc2ccccc2)cc1. The van der Waals surface area contributed by atoms with E-state index in [-0.39, 0.29) is 5.82 Å². The lowest BCUT2D eigenvalue weighted by molar-refractivity contribution is 0.413. The van der Waals surface area contributed by atoms with Gasteiger partial charge >= 0.3 is 0 Å². The summed E-state index contributed by atoms with van der Waals surface area (Å²) < 4.78 is 13.5. The number of anilines is 1. The zero-order chi connectivity index (χ0) is 19.2. The van der Waals surface area contributed by atoms with E-state index in [1.165, 1.54) is 11.1 Å². The second-order valence-corrected chi connectivity index (χ2v) is 7.71. The second kappa shape index (κ2) is 9.03. The van der Waals surface area contributed by atoms with E-state index in [1.807, 2.05) is 18.2 Å². The molecule has 3 heteroatoms. The van der Waals surface area contributed by atoms with E-state index < -0.39 is 0 Å². The van der Waals surface area contributed by atoms with E-state index in [4.69, 9.17) is 0 Å². The molecular weight excluding hydrogens is 347 g/mol. The van der Waals surface area contributed by atoms with Crippen LogP contribution in [0.15, 0.2) is 84.9 Å². The van der Waals surface area contributed by atoms with Crippen LogP contribution >= 0.6 is 0 Å². The first-order valence-electron chi connectivity index (χ1n) is 10.1. The first-order chi connectivity index (χ1) is 13.8. The Morgan fingerprint density at radius 1 is 0.750 bits per heavy atom. The molecule has 0 unspecified atom stereocenters. The molecule has 0 aromatic heterocycles. The predicted molar refractivity (Wildman–Crippen MR) is 114 cm³/mol. The van der Waals surface area contributed by atoms with Crippen molar-refractivity contribution < 1.29 is 4.39 Å². The highest BCUT2D eigenvalue weighted by Crippen LogP contribution is 2.26.